The van der Waals surface area contributed by atoms with E-state index >= 15 is 0 Å². The lowest BCUT2D eigenvalue weighted by Gasteiger charge is -2.51. The highest BCUT2D eigenvalue weighted by atomic mass is 32.1. The maximum atomic E-state index is 6.80. The minimum Gasteiger partial charge on any atom is -0.456 e. The summed E-state index contributed by atoms with van der Waals surface area (Å²) in [6, 6.07) is 66.4. The van der Waals surface area contributed by atoms with Crippen molar-refractivity contribution in [2.24, 2.45) is 0 Å². The Morgan fingerprint density at radius 1 is 0.470 bits per heavy atom. The molecule has 6 heterocycles. The van der Waals surface area contributed by atoms with Crippen LogP contribution < -0.4 is 36.0 Å². The zero-order valence-corrected chi connectivity index (χ0v) is 50.3. The molecule has 0 radical (unpaired) electrons. The number of fused-ring (bicyclic) bond motifs is 16. The molecule has 2 fully saturated rings. The van der Waals surface area contributed by atoms with Gasteiger partial charge in [-0.2, -0.15) is 0 Å². The highest BCUT2D eigenvalue weighted by Gasteiger charge is 2.60. The van der Waals surface area contributed by atoms with Gasteiger partial charge in [0.05, 0.1) is 21.5 Å². The van der Waals surface area contributed by atoms with E-state index in [-0.39, 0.29) is 34.0 Å². The molecule has 9 aromatic carbocycles. The molecule has 0 amide bonds. The summed E-state index contributed by atoms with van der Waals surface area (Å²) in [6.45, 7) is 22.1. The molecule has 7 heteroatoms. The number of benzene rings is 9. The zero-order valence-electron chi connectivity index (χ0n) is 49.5. The molecular formula is C76H71BN4OS. The number of furan rings is 1. The van der Waals surface area contributed by atoms with Gasteiger partial charge in [0.25, 0.3) is 6.71 Å². The van der Waals surface area contributed by atoms with Crippen LogP contribution in [0.2, 0.25) is 0 Å². The van der Waals surface area contributed by atoms with Crippen LogP contribution in [0.25, 0.3) is 42.1 Å². The summed E-state index contributed by atoms with van der Waals surface area (Å²) < 4.78 is 9.43. The van der Waals surface area contributed by atoms with Crippen molar-refractivity contribution in [3.8, 4) is 0 Å². The highest BCUT2D eigenvalue weighted by Crippen LogP contribution is 2.64. The summed E-state index contributed by atoms with van der Waals surface area (Å²) in [5.41, 5.74) is 25.0. The maximum absolute atomic E-state index is 6.80. The van der Waals surface area contributed by atoms with Crippen LogP contribution in [-0.4, -0.2) is 17.8 Å². The van der Waals surface area contributed by atoms with Crippen molar-refractivity contribution >= 4 is 133 Å². The Kier molecular flexibility index (Phi) is 10.2. The number of anilines is 10. The highest BCUT2D eigenvalue weighted by molar-refractivity contribution is 7.26. The van der Waals surface area contributed by atoms with Gasteiger partial charge in [0, 0.05) is 94.3 Å². The van der Waals surface area contributed by atoms with E-state index in [1.54, 1.807) is 5.56 Å². The van der Waals surface area contributed by atoms with Gasteiger partial charge in [0.15, 0.2) is 0 Å². The predicted octanol–water partition coefficient (Wildman–Crippen LogP) is 19.4. The Hall–Kier alpha value is -7.74. The first-order valence-corrected chi connectivity index (χ1v) is 31.6. The van der Waals surface area contributed by atoms with Gasteiger partial charge in [0.1, 0.15) is 11.2 Å². The van der Waals surface area contributed by atoms with E-state index < -0.39 is 0 Å². The van der Waals surface area contributed by atoms with Crippen LogP contribution in [0.3, 0.4) is 0 Å². The van der Waals surface area contributed by atoms with Gasteiger partial charge in [-0.15, -0.1) is 11.3 Å². The first-order chi connectivity index (χ1) is 40.1. The number of para-hydroxylation sites is 2. The van der Waals surface area contributed by atoms with E-state index in [1.165, 1.54) is 142 Å². The van der Waals surface area contributed by atoms with E-state index in [0.717, 1.165) is 46.9 Å². The topological polar surface area (TPSA) is 26.1 Å². The molecule has 0 N–H and O–H groups in total. The molecule has 2 aromatic heterocycles. The number of rotatable bonds is 4. The fourth-order valence-corrected chi connectivity index (χ4v) is 19.1. The van der Waals surface area contributed by atoms with Gasteiger partial charge < -0.3 is 24.0 Å². The maximum Gasteiger partial charge on any atom is 0.252 e. The molecule has 6 aliphatic rings. The summed E-state index contributed by atoms with van der Waals surface area (Å²) in [5, 5.41) is 4.90. The molecule has 2 saturated carbocycles. The lowest BCUT2D eigenvalue weighted by Crippen LogP contribution is -2.62. The van der Waals surface area contributed by atoms with Gasteiger partial charge >= 0.3 is 0 Å². The second kappa shape index (κ2) is 17.0. The average molecular weight is 1100 g/mol. The third-order valence-electron chi connectivity index (χ3n) is 22.2. The second-order valence-corrected chi connectivity index (χ2v) is 28.6. The number of thiophene rings is 1. The molecule has 5 nitrogen and oxygen atoms in total. The van der Waals surface area contributed by atoms with Gasteiger partial charge in [-0.25, -0.2) is 0 Å². The molecule has 2 aliphatic carbocycles. The second-order valence-electron chi connectivity index (χ2n) is 27.6. The standard InChI is InChI=1S/C76H71BN4OS/c1-46-39-47(2)69-63(40-46)80(76(9)38-19-17-36-74(69,76)7)50-31-33-57-62(42-50)79(61-26-20-23-55-54-22-11-15-28-68(54)83-71(55)61)65-44-51(81-59-25-13-12-24-56(59)73(6)35-16-18-37-75(73,81)8)43-64-70(65)77(57)58-41-48(72(3,4)5)29-34-60(58)78(64)49-30-32-53-52-21-10-14-27-66(52)82-67(53)45-49/h10-15,20-34,39-45H,16-19,35-38H2,1-9H3. The molecule has 4 aliphatic heterocycles. The Morgan fingerprint density at radius 2 is 1.12 bits per heavy atom. The van der Waals surface area contributed by atoms with Crippen LogP contribution in [0.1, 0.15) is 128 Å². The number of nitrogens with zero attached hydrogens (tertiary/aromatic N) is 4. The summed E-state index contributed by atoms with van der Waals surface area (Å²) in [5.74, 6) is 0. The third kappa shape index (κ3) is 6.50. The SMILES string of the molecule is Cc1cc(C)c2c(c1)N(c1ccc3c(c1)N(c1cccc4c1sc1ccccc14)c1cc(N4c5ccccc5C5(C)CCCCC45C)cc4c1B3c1cc(C(C)(C)C)ccc1N4c1ccc3c(c1)oc1ccccc13)C1(C)CCCCC21C. The molecule has 4 unspecified atom stereocenters. The number of hydrogen-bond acceptors (Lipinski definition) is 6. The van der Waals surface area contributed by atoms with Crippen molar-refractivity contribution in [2.45, 2.75) is 141 Å². The Labute approximate surface area is 493 Å². The fraction of sp³-hybridized carbons (Fsp3) is 0.289. The average Bonchev–Trinajstić information content (AvgIpc) is 1.95. The van der Waals surface area contributed by atoms with Gasteiger partial charge in [0.2, 0.25) is 0 Å². The lowest BCUT2D eigenvalue weighted by atomic mass is 9.33. The van der Waals surface area contributed by atoms with Crippen LogP contribution in [-0.2, 0) is 16.2 Å². The fourth-order valence-electron chi connectivity index (χ4n) is 17.9. The van der Waals surface area contributed by atoms with Crippen LogP contribution >= 0.6 is 11.3 Å². The van der Waals surface area contributed by atoms with Crippen molar-refractivity contribution in [3.05, 3.63) is 198 Å². The first kappa shape index (κ1) is 49.8. The van der Waals surface area contributed by atoms with E-state index in [4.69, 9.17) is 4.42 Å². The Balaban J connectivity index is 1.01. The molecular weight excluding hydrogens is 1030 g/mol. The van der Waals surface area contributed by atoms with Gasteiger partial charge in [-0.3, -0.25) is 0 Å². The minimum atomic E-state index is -0.168. The van der Waals surface area contributed by atoms with Crippen molar-refractivity contribution in [1.82, 2.24) is 0 Å². The van der Waals surface area contributed by atoms with E-state index in [1.807, 2.05) is 11.3 Å². The largest absolute Gasteiger partial charge is 0.456 e. The van der Waals surface area contributed by atoms with Crippen molar-refractivity contribution in [3.63, 3.8) is 0 Å². The zero-order chi connectivity index (χ0) is 56.3. The Morgan fingerprint density at radius 3 is 1.94 bits per heavy atom. The molecule has 83 heavy (non-hydrogen) atoms. The van der Waals surface area contributed by atoms with Crippen molar-refractivity contribution < 1.29 is 4.42 Å². The lowest BCUT2D eigenvalue weighted by molar-refractivity contribution is 0.194. The predicted molar refractivity (Wildman–Crippen MR) is 354 cm³/mol. The summed E-state index contributed by atoms with van der Waals surface area (Å²) in [6.07, 6.45) is 9.53. The molecule has 410 valence electrons. The van der Waals surface area contributed by atoms with Crippen molar-refractivity contribution in [1.29, 1.82) is 0 Å². The first-order valence-electron chi connectivity index (χ1n) is 30.8. The van der Waals surface area contributed by atoms with Crippen molar-refractivity contribution in [2.75, 3.05) is 19.6 Å². The summed E-state index contributed by atoms with van der Waals surface area (Å²) in [4.78, 5) is 11.0. The molecule has 0 saturated heterocycles. The minimum absolute atomic E-state index is 0.00326. The monoisotopic (exact) mass is 1100 g/mol. The van der Waals surface area contributed by atoms with Crippen LogP contribution in [0.15, 0.2) is 174 Å². The number of aryl methyl sites for hydroxylation is 2. The quantitative estimate of drug-likeness (QED) is 0.164. The van der Waals surface area contributed by atoms with Gasteiger partial charge in [-0.05, 0) is 176 Å². The molecule has 11 aromatic rings. The smallest absolute Gasteiger partial charge is 0.252 e. The van der Waals surface area contributed by atoms with E-state index in [9.17, 15) is 0 Å². The summed E-state index contributed by atoms with van der Waals surface area (Å²) in [7, 11) is 0. The molecule has 0 spiro atoms. The van der Waals surface area contributed by atoms with Crippen LogP contribution in [0.5, 0.6) is 0 Å². The molecule has 17 rings (SSSR count). The van der Waals surface area contributed by atoms with E-state index in [2.05, 4.69) is 252 Å². The third-order valence-corrected chi connectivity index (χ3v) is 23.4. The van der Waals surface area contributed by atoms with E-state index in [0.29, 0.717) is 0 Å². The van der Waals surface area contributed by atoms with Crippen LogP contribution in [0, 0.1) is 13.8 Å². The molecule has 4 atom stereocenters. The normalized spacial score (nSPS) is 23.2. The Bertz CT molecular complexity index is 4620. The number of hydrogen-bond donors (Lipinski definition) is 0. The van der Waals surface area contributed by atoms with Gasteiger partial charge in [-0.1, -0.05) is 151 Å². The van der Waals surface area contributed by atoms with Crippen LogP contribution in [0.4, 0.5) is 56.9 Å². The molecule has 0 bridgehead atoms. The summed E-state index contributed by atoms with van der Waals surface area (Å²) >= 11 is 1.94.